The van der Waals surface area contributed by atoms with Gasteiger partial charge in [0, 0.05) is 13.2 Å². The van der Waals surface area contributed by atoms with E-state index in [4.69, 9.17) is 9.47 Å². The molecular weight excluding hydrogens is 1000 g/mol. The maximum Gasteiger partial charge on any atom is 0.308 e. The van der Waals surface area contributed by atoms with Crippen molar-refractivity contribution in [2.45, 2.75) is 380 Å². The molecule has 82 heavy (non-hydrogen) atoms. The van der Waals surface area contributed by atoms with Crippen LogP contribution in [0.25, 0.3) is 0 Å². The fourth-order valence-corrected chi connectivity index (χ4v) is 10.7. The zero-order valence-electron chi connectivity index (χ0n) is 57.4. The molecule has 500 valence electrons. The molecule has 1 aromatic rings. The van der Waals surface area contributed by atoms with Gasteiger partial charge in [-0.1, -0.05) is 339 Å². The minimum Gasteiger partial charge on any atom is -0.469 e. The normalized spacial score (nSPS) is 17.1. The van der Waals surface area contributed by atoms with Crippen LogP contribution in [-0.2, 0) is 31.8 Å². The fraction of sp³-hybridized carbons (Fsp3) is 0.885. The molecule has 0 saturated heterocycles. The van der Waals surface area contributed by atoms with Crippen molar-refractivity contribution in [1.82, 2.24) is 0 Å². The number of methoxy groups -OCH3 is 1. The third-order valence-corrected chi connectivity index (χ3v) is 16.6. The summed E-state index contributed by atoms with van der Waals surface area (Å²) in [6.45, 7) is 45.2. The lowest BCUT2D eigenvalue weighted by atomic mass is 9.69. The second kappa shape index (κ2) is 79.3. The summed E-state index contributed by atoms with van der Waals surface area (Å²) in [5.41, 5.74) is 3.64. The number of carbonyl (C=O) groups excluding carboxylic acids is 1. The third kappa shape index (κ3) is 64.4. The molecule has 0 N–H and O–H groups in total. The van der Waals surface area contributed by atoms with E-state index in [1.807, 2.05) is 13.8 Å². The van der Waals surface area contributed by atoms with Crippen molar-refractivity contribution in [3.63, 3.8) is 0 Å². The number of hydrogen-bond acceptors (Lipinski definition) is 4. The number of unbranched alkanes of at least 4 members (excludes halogenated alkanes) is 2. The van der Waals surface area contributed by atoms with Gasteiger partial charge in [-0.15, -0.1) is 0 Å². The molecule has 2 unspecified atom stereocenters. The number of rotatable bonds is 26. The first kappa shape index (κ1) is 99.4. The van der Waals surface area contributed by atoms with Gasteiger partial charge in [-0.25, -0.2) is 0 Å². The molecule has 1 aromatic carbocycles. The summed E-state index contributed by atoms with van der Waals surface area (Å²) in [4.78, 5) is 10.8. The summed E-state index contributed by atoms with van der Waals surface area (Å²) >= 11 is 0. The van der Waals surface area contributed by atoms with Gasteiger partial charge < -0.3 is 14.2 Å². The SMILES string of the molecule is C.C.C.C.CCC.CCC(C)CC.CCC(CC)C(=O)OC.CCC/C=C/CCC.CCC1CCC(CC)CC1.CCC1CCCCC1CC.CCCC1(CCC)CCCCC1.CCCOCCOCCC.CCc1ccc(CC)cc1. The monoisotopic (exact) mass is 1170 g/mol. The second-order valence-corrected chi connectivity index (χ2v) is 23.3. The van der Waals surface area contributed by atoms with Crippen LogP contribution in [0.2, 0.25) is 0 Å². The Morgan fingerprint density at radius 3 is 1.05 bits per heavy atom. The fourth-order valence-electron chi connectivity index (χ4n) is 10.7. The Bertz CT molecular complexity index is 1170. The van der Waals surface area contributed by atoms with Crippen molar-refractivity contribution < 1.29 is 19.0 Å². The molecule has 0 heterocycles. The maximum atomic E-state index is 10.8. The molecular formula is C78H164O4. The topological polar surface area (TPSA) is 44.8 Å². The number of hydrogen-bond donors (Lipinski definition) is 0. The van der Waals surface area contributed by atoms with Gasteiger partial charge in [-0.2, -0.15) is 0 Å². The van der Waals surface area contributed by atoms with Crippen LogP contribution in [-0.4, -0.2) is 39.5 Å². The van der Waals surface area contributed by atoms with E-state index in [1.54, 1.807) is 0 Å². The number of benzene rings is 1. The van der Waals surface area contributed by atoms with E-state index in [2.05, 4.69) is 159 Å². The quantitative estimate of drug-likeness (QED) is 0.0527. The van der Waals surface area contributed by atoms with Gasteiger partial charge in [0.15, 0.2) is 0 Å². The molecule has 0 amide bonds. The highest BCUT2D eigenvalue weighted by molar-refractivity contribution is 5.72. The number of carbonyl (C=O) groups is 1. The van der Waals surface area contributed by atoms with Crippen LogP contribution >= 0.6 is 0 Å². The molecule has 3 aliphatic carbocycles. The largest absolute Gasteiger partial charge is 0.469 e. The lowest BCUT2D eigenvalue weighted by molar-refractivity contribution is -0.145. The first-order chi connectivity index (χ1) is 37.7. The van der Waals surface area contributed by atoms with Crippen LogP contribution in [0.4, 0.5) is 0 Å². The van der Waals surface area contributed by atoms with Gasteiger partial charge in [-0.05, 0) is 123 Å². The lowest BCUT2D eigenvalue weighted by Crippen LogP contribution is -2.23. The Kier molecular flexibility index (Phi) is 96.2. The highest BCUT2D eigenvalue weighted by atomic mass is 16.5. The molecule has 0 bridgehead atoms. The molecule has 0 aromatic heterocycles. The smallest absolute Gasteiger partial charge is 0.308 e. The zero-order chi connectivity index (χ0) is 59.9. The van der Waals surface area contributed by atoms with E-state index in [0.29, 0.717) is 0 Å². The van der Waals surface area contributed by atoms with E-state index >= 15 is 0 Å². The molecule has 3 saturated carbocycles. The van der Waals surface area contributed by atoms with E-state index in [1.165, 1.54) is 198 Å². The Morgan fingerprint density at radius 1 is 0.476 bits per heavy atom. The Labute approximate surface area is 524 Å². The predicted molar refractivity (Wildman–Crippen MR) is 382 cm³/mol. The Balaban J connectivity index is -0.000000105. The highest BCUT2D eigenvalue weighted by Gasteiger charge is 2.29. The molecule has 4 rings (SSSR count). The highest BCUT2D eigenvalue weighted by Crippen LogP contribution is 2.43. The average Bonchev–Trinajstić information content (AvgIpc) is 3.48. The van der Waals surface area contributed by atoms with Crippen LogP contribution in [0.5, 0.6) is 0 Å². The molecule has 0 aliphatic heterocycles. The summed E-state index contributed by atoms with van der Waals surface area (Å²) in [5, 5.41) is 0. The first-order valence-corrected chi connectivity index (χ1v) is 34.7. The zero-order valence-corrected chi connectivity index (χ0v) is 57.4. The lowest BCUT2D eigenvalue weighted by Gasteiger charge is -2.37. The van der Waals surface area contributed by atoms with Crippen LogP contribution in [0, 0.1) is 40.9 Å². The van der Waals surface area contributed by atoms with Gasteiger partial charge in [0.25, 0.3) is 0 Å². The molecule has 3 aliphatic rings. The molecule has 0 spiro atoms. The summed E-state index contributed by atoms with van der Waals surface area (Å²) in [5.74, 6) is 5.24. The summed E-state index contributed by atoms with van der Waals surface area (Å²) in [6, 6.07) is 8.83. The minimum absolute atomic E-state index is 0. The van der Waals surface area contributed by atoms with Gasteiger partial charge in [0.1, 0.15) is 0 Å². The molecule has 4 nitrogen and oxygen atoms in total. The van der Waals surface area contributed by atoms with Crippen LogP contribution in [0.15, 0.2) is 36.4 Å². The van der Waals surface area contributed by atoms with Crippen LogP contribution in [0.3, 0.4) is 0 Å². The van der Waals surface area contributed by atoms with E-state index in [0.717, 1.165) is 100.0 Å². The van der Waals surface area contributed by atoms with Gasteiger partial charge in [0.05, 0.1) is 26.2 Å². The van der Waals surface area contributed by atoms with E-state index < -0.39 is 0 Å². The second-order valence-electron chi connectivity index (χ2n) is 23.3. The van der Waals surface area contributed by atoms with E-state index in [9.17, 15) is 4.79 Å². The Morgan fingerprint density at radius 2 is 0.829 bits per heavy atom. The first-order valence-electron chi connectivity index (χ1n) is 34.7. The standard InChI is InChI=1S/C12H24.C10H20.C10H14.C10H20.C8H18O2.C8H16.C7H14O2.C6H14.C3H8.4CH4/c1-3-8-12(9-4-2)10-6-5-7-11-12;2*1-3-9-5-7-10(4-2)8-6-9;1-3-9-7-5-6-8-10(9)4-2;1-3-5-9-7-8-10-6-4-2;1-3-5-7-8-6-4-2;1-4-6(5-2)7(8)9-3;1-4-6(3)5-2;1-3-2;;;;/h3-11H2,1-2H3;9-10H,3-8H2,1-2H3;5-8H,3-4H2,1-2H3;9-10H,3-8H2,1-2H3;3-8H2,1-2H3;7-8H,3-6H2,1-2H3;6H,4-5H2,1-3H3;6H,4-5H2,1-3H3;3H2,1-2H3;4*1H4/b;;;;;8-7+;;;;;;;. The number of aryl methyl sites for hydroxylation is 2. The van der Waals surface area contributed by atoms with Gasteiger partial charge in [-0.3, -0.25) is 4.79 Å². The van der Waals surface area contributed by atoms with Crippen molar-refractivity contribution in [3.8, 4) is 0 Å². The van der Waals surface area contributed by atoms with Gasteiger partial charge >= 0.3 is 5.97 Å². The molecule has 4 heteroatoms. The summed E-state index contributed by atoms with van der Waals surface area (Å²) < 4.78 is 15.0. The summed E-state index contributed by atoms with van der Waals surface area (Å²) in [7, 11) is 1.43. The van der Waals surface area contributed by atoms with Crippen molar-refractivity contribution in [3.05, 3.63) is 47.5 Å². The maximum absolute atomic E-state index is 10.8. The molecule has 0 radical (unpaired) electrons. The third-order valence-electron chi connectivity index (χ3n) is 16.6. The van der Waals surface area contributed by atoms with Crippen molar-refractivity contribution >= 4 is 5.97 Å². The van der Waals surface area contributed by atoms with Crippen molar-refractivity contribution in [2.75, 3.05) is 33.5 Å². The van der Waals surface area contributed by atoms with Crippen molar-refractivity contribution in [2.24, 2.45) is 40.9 Å². The average molecular weight is 1170 g/mol. The van der Waals surface area contributed by atoms with Gasteiger partial charge in [0.2, 0.25) is 0 Å². The Hall–Kier alpha value is -1.65. The molecule has 2 atom stereocenters. The van der Waals surface area contributed by atoms with Crippen LogP contribution in [0.1, 0.15) is 378 Å². The molecule has 3 fully saturated rings. The summed E-state index contributed by atoms with van der Waals surface area (Å²) in [6.07, 6.45) is 50.7. The number of allylic oxidation sites excluding steroid dienone is 2. The number of esters is 1. The van der Waals surface area contributed by atoms with Crippen molar-refractivity contribution in [1.29, 1.82) is 0 Å². The number of ether oxygens (including phenoxy) is 3. The van der Waals surface area contributed by atoms with Crippen LogP contribution < -0.4 is 0 Å². The predicted octanol–water partition coefficient (Wildman–Crippen LogP) is 27.6. The van der Waals surface area contributed by atoms with E-state index in [-0.39, 0.29) is 41.6 Å². The minimum atomic E-state index is -0.0833.